The number of nitrogens with two attached hydrogens (primary N) is 1. The van der Waals surface area contributed by atoms with Crippen LogP contribution >= 0.6 is 0 Å². The number of ether oxygens (including phenoxy) is 1. The molecular weight excluding hydrogens is 411 g/mol. The van der Waals surface area contributed by atoms with Gasteiger partial charge in [-0.3, -0.25) is 9.48 Å². The van der Waals surface area contributed by atoms with Crippen molar-refractivity contribution in [1.82, 2.24) is 20.1 Å². The van der Waals surface area contributed by atoms with Crippen LogP contribution in [0.1, 0.15) is 27.3 Å². The maximum absolute atomic E-state index is 14.1. The molecule has 1 aromatic carbocycles. The minimum Gasteiger partial charge on any atom is -0.485 e. The van der Waals surface area contributed by atoms with E-state index in [2.05, 4.69) is 21.5 Å². The molecule has 8 nitrogen and oxygen atoms in total. The molecule has 3 N–H and O–H groups in total. The van der Waals surface area contributed by atoms with E-state index in [9.17, 15) is 14.4 Å². The highest BCUT2D eigenvalue weighted by Crippen LogP contribution is 2.36. The van der Waals surface area contributed by atoms with Crippen LogP contribution in [0.2, 0.25) is 0 Å². The number of dihydropyridines is 1. The number of aryl methyl sites for hydroxylation is 1. The molecule has 0 fully saturated rings. The Morgan fingerprint density at radius 3 is 3.00 bits per heavy atom. The summed E-state index contributed by atoms with van der Waals surface area (Å²) < 4.78 is 21.4. The molecular formula is C23H17FN6O2. The second kappa shape index (κ2) is 7.35. The summed E-state index contributed by atoms with van der Waals surface area (Å²) in [5, 5.41) is 17.1. The molecule has 0 amide bonds. The monoisotopic (exact) mass is 428 g/mol. The predicted octanol–water partition coefficient (Wildman–Crippen LogP) is 2.72. The zero-order chi connectivity index (χ0) is 22.4. The van der Waals surface area contributed by atoms with Gasteiger partial charge in [0.05, 0.1) is 11.3 Å². The van der Waals surface area contributed by atoms with E-state index >= 15 is 0 Å². The maximum atomic E-state index is 14.1. The van der Waals surface area contributed by atoms with Crippen LogP contribution in [0.4, 0.5) is 10.2 Å². The number of nitrogens with zero attached hydrogens (tertiary/aromatic N) is 4. The Kier molecular flexibility index (Phi) is 4.48. The molecule has 2 aliphatic rings. The maximum Gasteiger partial charge on any atom is 0.213 e. The molecule has 4 heterocycles. The number of fused-ring (bicyclic) bond motifs is 6. The fourth-order valence-corrected chi connectivity index (χ4v) is 4.00. The van der Waals surface area contributed by atoms with Crippen molar-refractivity contribution in [2.45, 2.75) is 6.61 Å². The van der Waals surface area contributed by atoms with Gasteiger partial charge in [0.2, 0.25) is 5.78 Å². The number of nitrogens with one attached hydrogen (secondary N) is 1. The summed E-state index contributed by atoms with van der Waals surface area (Å²) in [6, 6.07) is 7.97. The van der Waals surface area contributed by atoms with E-state index in [0.717, 1.165) is 0 Å². The minimum atomic E-state index is -0.424. The molecule has 2 bridgehead atoms. The van der Waals surface area contributed by atoms with E-state index < -0.39 is 5.82 Å². The van der Waals surface area contributed by atoms with Crippen molar-refractivity contribution in [3.05, 3.63) is 76.5 Å². The van der Waals surface area contributed by atoms with E-state index in [-0.39, 0.29) is 35.3 Å². The number of ketones is 1. The number of hydrogen-bond acceptors (Lipinski definition) is 7. The largest absolute Gasteiger partial charge is 0.485 e. The van der Waals surface area contributed by atoms with Crippen molar-refractivity contribution in [2.24, 2.45) is 7.05 Å². The second-order valence-electron chi connectivity index (χ2n) is 7.41. The van der Waals surface area contributed by atoms with Crippen molar-refractivity contribution in [2.75, 3.05) is 12.3 Å². The van der Waals surface area contributed by atoms with Crippen LogP contribution in [0.3, 0.4) is 0 Å². The molecule has 0 unspecified atom stereocenters. The third-order valence-corrected chi connectivity index (χ3v) is 5.45. The number of carbonyl (C=O) groups excluding carboxylic acids is 1. The predicted molar refractivity (Wildman–Crippen MR) is 115 cm³/mol. The third-order valence-electron chi connectivity index (χ3n) is 5.45. The fraction of sp³-hybridized carbons (Fsp3) is 0.130. The zero-order valence-corrected chi connectivity index (χ0v) is 17.0. The number of carbonyl (C=O) groups is 1. The van der Waals surface area contributed by atoms with Crippen LogP contribution < -0.4 is 15.8 Å². The first-order valence-corrected chi connectivity index (χ1v) is 9.82. The summed E-state index contributed by atoms with van der Waals surface area (Å²) in [5.74, 6) is -0.357. The van der Waals surface area contributed by atoms with Crippen molar-refractivity contribution in [3.63, 3.8) is 0 Å². The van der Waals surface area contributed by atoms with Crippen molar-refractivity contribution < 1.29 is 13.9 Å². The van der Waals surface area contributed by atoms with Crippen molar-refractivity contribution in [3.8, 4) is 22.9 Å². The summed E-state index contributed by atoms with van der Waals surface area (Å²) >= 11 is 0. The molecule has 9 heteroatoms. The van der Waals surface area contributed by atoms with E-state index in [1.54, 1.807) is 25.3 Å². The lowest BCUT2D eigenvalue weighted by Gasteiger charge is -2.22. The van der Waals surface area contributed by atoms with E-state index in [1.165, 1.54) is 23.0 Å². The third kappa shape index (κ3) is 3.01. The molecule has 0 atom stereocenters. The molecule has 0 aliphatic carbocycles. The lowest BCUT2D eigenvalue weighted by atomic mass is 9.92. The van der Waals surface area contributed by atoms with Gasteiger partial charge in [-0.15, -0.1) is 0 Å². The van der Waals surface area contributed by atoms with Gasteiger partial charge in [-0.1, -0.05) is 12.2 Å². The number of anilines is 1. The number of nitriles is 1. The number of Topliss-reactive ketones (excluding diaryl/α,β-unsaturated/α-hetero) is 1. The first-order chi connectivity index (χ1) is 15.5. The number of aromatic nitrogens is 3. The number of rotatable bonds is 0. The van der Waals surface area contributed by atoms with E-state index in [0.29, 0.717) is 40.1 Å². The summed E-state index contributed by atoms with van der Waals surface area (Å²) in [5.41, 5.74) is 9.24. The Balaban J connectivity index is 1.87. The number of nitrogen functional groups attached to an aromatic ring is 1. The Hall–Kier alpha value is -4.45. The molecule has 3 aromatic rings. The highest BCUT2D eigenvalue weighted by molar-refractivity contribution is 6.17. The normalized spacial score (nSPS) is 14.7. The Morgan fingerprint density at radius 2 is 2.19 bits per heavy atom. The quantitative estimate of drug-likeness (QED) is 0.565. The molecule has 2 aromatic heterocycles. The van der Waals surface area contributed by atoms with Crippen LogP contribution in [-0.2, 0) is 13.7 Å². The molecule has 0 radical (unpaired) electrons. The van der Waals surface area contributed by atoms with E-state index in [4.69, 9.17) is 10.5 Å². The van der Waals surface area contributed by atoms with Gasteiger partial charge >= 0.3 is 0 Å². The Bertz CT molecular complexity index is 1400. The lowest BCUT2D eigenvalue weighted by molar-refractivity contribution is 0.103. The molecule has 32 heavy (non-hydrogen) atoms. The minimum absolute atomic E-state index is 0.00377. The average molecular weight is 428 g/mol. The average Bonchev–Trinajstić information content (AvgIpc) is 3.13. The van der Waals surface area contributed by atoms with Crippen LogP contribution in [0.15, 0.2) is 48.2 Å². The topological polar surface area (TPSA) is 119 Å². The Labute approximate surface area is 182 Å². The molecule has 0 spiro atoms. The van der Waals surface area contributed by atoms with Gasteiger partial charge in [0.25, 0.3) is 0 Å². The molecule has 5 rings (SSSR count). The number of allylic oxidation sites excluding steroid dienone is 2. The SMILES string of the molecule is Cn1nc(C#N)c2c1C(=O)C1=C(NCC=C1)c1ccc(F)cc1COc1cc-2cnc1N. The van der Waals surface area contributed by atoms with Crippen LogP contribution in [0.5, 0.6) is 5.75 Å². The van der Waals surface area contributed by atoms with Crippen LogP contribution in [-0.4, -0.2) is 27.1 Å². The lowest BCUT2D eigenvalue weighted by Crippen LogP contribution is -2.23. The smallest absolute Gasteiger partial charge is 0.213 e. The van der Waals surface area contributed by atoms with Gasteiger partial charge in [0, 0.05) is 42.1 Å². The van der Waals surface area contributed by atoms with Gasteiger partial charge in [0.15, 0.2) is 17.3 Å². The van der Waals surface area contributed by atoms with Gasteiger partial charge in [-0.2, -0.15) is 10.4 Å². The fourth-order valence-electron chi connectivity index (χ4n) is 4.00. The molecule has 2 aliphatic heterocycles. The highest BCUT2D eigenvalue weighted by Gasteiger charge is 2.29. The number of hydrogen-bond donors (Lipinski definition) is 2. The van der Waals surface area contributed by atoms with Gasteiger partial charge < -0.3 is 15.8 Å². The molecule has 0 saturated carbocycles. The number of pyridine rings is 1. The molecule has 158 valence electrons. The summed E-state index contributed by atoms with van der Waals surface area (Å²) in [6.07, 6.45) is 5.02. The Morgan fingerprint density at radius 1 is 1.34 bits per heavy atom. The van der Waals surface area contributed by atoms with Crippen molar-refractivity contribution >= 4 is 17.3 Å². The van der Waals surface area contributed by atoms with Crippen molar-refractivity contribution in [1.29, 1.82) is 5.26 Å². The number of benzene rings is 1. The number of halogens is 1. The summed E-state index contributed by atoms with van der Waals surface area (Å²) in [6.45, 7) is 0.505. The summed E-state index contributed by atoms with van der Waals surface area (Å²) in [4.78, 5) is 18.0. The van der Waals surface area contributed by atoms with Gasteiger partial charge in [-0.25, -0.2) is 9.37 Å². The first kappa shape index (κ1) is 19.5. The van der Waals surface area contributed by atoms with Gasteiger partial charge in [-0.05, 0) is 24.3 Å². The second-order valence-corrected chi connectivity index (χ2v) is 7.41. The van der Waals surface area contributed by atoms with Crippen LogP contribution in [0, 0.1) is 17.1 Å². The van der Waals surface area contributed by atoms with Crippen LogP contribution in [0.25, 0.3) is 16.8 Å². The zero-order valence-electron chi connectivity index (χ0n) is 17.0. The first-order valence-electron chi connectivity index (χ1n) is 9.82. The summed E-state index contributed by atoms with van der Waals surface area (Å²) in [7, 11) is 1.61. The highest BCUT2D eigenvalue weighted by atomic mass is 19.1. The molecule has 0 saturated heterocycles. The standard InChI is InChI=1S/C23H17FN6O2/c1-30-21-19(17(9-25)29-30)12-8-18(23(26)28-10-12)32-11-13-7-14(24)4-5-15(13)20-16(22(21)31)3-2-6-27-20/h2-5,7-8,10,27H,6,11H2,1H3,(H2,26,28). The van der Waals surface area contributed by atoms with Gasteiger partial charge in [0.1, 0.15) is 24.2 Å². The van der Waals surface area contributed by atoms with E-state index in [1.807, 2.05) is 6.08 Å².